The highest BCUT2D eigenvalue weighted by Gasteiger charge is 2.17. The van der Waals surface area contributed by atoms with Gasteiger partial charge in [0.15, 0.2) is 0 Å². The highest BCUT2D eigenvalue weighted by atomic mass is 35.5. The molecule has 7 heteroatoms. The van der Waals surface area contributed by atoms with Crippen LogP contribution in [-0.4, -0.2) is 16.6 Å². The molecule has 2 aromatic rings. The number of nitro benzene ring substituents is 1. The molecule has 0 bridgehead atoms. The normalized spacial score (nSPS) is 13.6. The van der Waals surface area contributed by atoms with Crippen LogP contribution in [0.4, 0.5) is 10.1 Å². The molecule has 0 aliphatic carbocycles. The number of nitrogens with zero attached hydrogens (tertiary/aromatic N) is 1. The molecule has 0 saturated carbocycles. The van der Waals surface area contributed by atoms with Crippen LogP contribution < -0.4 is 5.32 Å². The summed E-state index contributed by atoms with van der Waals surface area (Å²) < 4.78 is 13.6. The number of halogens is 2. The third kappa shape index (κ3) is 4.25. The number of nitro groups is 1. The van der Waals surface area contributed by atoms with Crippen molar-refractivity contribution in [2.24, 2.45) is 0 Å². The fourth-order valence-electron chi connectivity index (χ4n) is 2.27. The van der Waals surface area contributed by atoms with E-state index in [4.69, 9.17) is 11.6 Å². The van der Waals surface area contributed by atoms with Crippen molar-refractivity contribution in [1.82, 2.24) is 5.32 Å². The first-order valence-electron chi connectivity index (χ1n) is 6.98. The Hall–Kier alpha value is -2.02. The molecule has 2 aromatic carbocycles. The van der Waals surface area contributed by atoms with Gasteiger partial charge in [-0.2, -0.15) is 0 Å². The minimum absolute atomic E-state index is 0.0134. The van der Waals surface area contributed by atoms with Gasteiger partial charge in [-0.05, 0) is 30.2 Å². The van der Waals surface area contributed by atoms with Crippen molar-refractivity contribution < 1.29 is 14.4 Å². The van der Waals surface area contributed by atoms with Gasteiger partial charge in [-0.3, -0.25) is 10.1 Å². The Labute approximate surface area is 137 Å². The molecule has 0 aliphatic rings. The number of nitrogens with one attached hydrogen (secondary N) is 1. The van der Waals surface area contributed by atoms with Gasteiger partial charge in [-0.15, -0.1) is 0 Å². The number of hydrogen-bond donors (Lipinski definition) is 2. The maximum atomic E-state index is 13.6. The number of benzene rings is 2. The number of aliphatic hydroxyl groups is 1. The molecule has 0 radical (unpaired) electrons. The van der Waals surface area contributed by atoms with E-state index in [2.05, 4.69) is 5.32 Å². The molecular formula is C16H16ClFN2O3. The zero-order valence-electron chi connectivity index (χ0n) is 12.4. The summed E-state index contributed by atoms with van der Waals surface area (Å²) >= 11 is 5.66. The van der Waals surface area contributed by atoms with Gasteiger partial charge in [-0.25, -0.2) is 4.39 Å². The second-order valence-electron chi connectivity index (χ2n) is 5.15. The summed E-state index contributed by atoms with van der Waals surface area (Å²) in [5.41, 5.74) is 1.41. The molecule has 2 N–H and O–H groups in total. The second-order valence-corrected chi connectivity index (χ2v) is 5.55. The van der Waals surface area contributed by atoms with Gasteiger partial charge in [0.1, 0.15) is 5.82 Å². The average molecular weight is 339 g/mol. The van der Waals surface area contributed by atoms with E-state index in [-0.39, 0.29) is 23.4 Å². The largest absolute Gasteiger partial charge is 0.394 e. The molecule has 23 heavy (non-hydrogen) atoms. The molecule has 2 atom stereocenters. The Balaban J connectivity index is 2.14. The lowest BCUT2D eigenvalue weighted by molar-refractivity contribution is -0.384. The summed E-state index contributed by atoms with van der Waals surface area (Å²) in [5, 5.41) is 23.4. The van der Waals surface area contributed by atoms with E-state index in [1.54, 1.807) is 18.2 Å². The van der Waals surface area contributed by atoms with E-state index in [0.29, 0.717) is 5.56 Å². The van der Waals surface area contributed by atoms with Crippen molar-refractivity contribution >= 4 is 17.3 Å². The number of rotatable bonds is 6. The highest BCUT2D eigenvalue weighted by Crippen LogP contribution is 2.24. The first kappa shape index (κ1) is 17.3. The summed E-state index contributed by atoms with van der Waals surface area (Å²) in [7, 11) is 0. The van der Waals surface area contributed by atoms with E-state index in [1.807, 2.05) is 6.92 Å². The summed E-state index contributed by atoms with van der Waals surface area (Å²) in [6, 6.07) is 9.82. The maximum absolute atomic E-state index is 13.6. The molecular weight excluding hydrogens is 323 g/mol. The molecule has 0 heterocycles. The summed E-state index contributed by atoms with van der Waals surface area (Å²) in [4.78, 5) is 10.2. The van der Waals surface area contributed by atoms with Crippen LogP contribution in [0.1, 0.15) is 30.1 Å². The zero-order chi connectivity index (χ0) is 17.0. The van der Waals surface area contributed by atoms with Crippen LogP contribution in [0.15, 0.2) is 42.5 Å². The second kappa shape index (κ2) is 7.50. The van der Waals surface area contributed by atoms with Gasteiger partial charge in [0.2, 0.25) is 0 Å². The van der Waals surface area contributed by atoms with Crippen molar-refractivity contribution in [3.05, 3.63) is 74.5 Å². The minimum Gasteiger partial charge on any atom is -0.394 e. The van der Waals surface area contributed by atoms with E-state index in [9.17, 15) is 19.6 Å². The van der Waals surface area contributed by atoms with Gasteiger partial charge in [0.05, 0.1) is 22.6 Å². The van der Waals surface area contributed by atoms with Crippen LogP contribution in [0.5, 0.6) is 0 Å². The lowest BCUT2D eigenvalue weighted by Crippen LogP contribution is -2.27. The molecule has 5 nitrogen and oxygen atoms in total. The SMILES string of the molecule is CC(NC(CO)c1ccc(Cl)c(F)c1)c1ccc([N+](=O)[O-])cc1. The van der Waals surface area contributed by atoms with Crippen LogP contribution in [0.3, 0.4) is 0 Å². The Morgan fingerprint density at radius 3 is 2.39 bits per heavy atom. The molecule has 2 unspecified atom stereocenters. The van der Waals surface area contributed by atoms with Crippen LogP contribution in [0.2, 0.25) is 5.02 Å². The molecule has 0 spiro atoms. The Bertz CT molecular complexity index is 694. The Morgan fingerprint density at radius 1 is 1.26 bits per heavy atom. The molecule has 2 rings (SSSR count). The Morgan fingerprint density at radius 2 is 1.87 bits per heavy atom. The van der Waals surface area contributed by atoms with Crippen LogP contribution in [0.25, 0.3) is 0 Å². The van der Waals surface area contributed by atoms with E-state index in [1.165, 1.54) is 24.3 Å². The first-order valence-corrected chi connectivity index (χ1v) is 7.36. The van der Waals surface area contributed by atoms with Gasteiger partial charge < -0.3 is 10.4 Å². The van der Waals surface area contributed by atoms with Gasteiger partial charge >= 0.3 is 0 Å². The molecule has 122 valence electrons. The summed E-state index contributed by atoms with van der Waals surface area (Å²) in [6.45, 7) is 1.63. The molecule has 0 saturated heterocycles. The molecule has 0 fully saturated rings. The van der Waals surface area contributed by atoms with Crippen molar-refractivity contribution in [1.29, 1.82) is 0 Å². The topological polar surface area (TPSA) is 75.4 Å². The fraction of sp³-hybridized carbons (Fsp3) is 0.250. The van der Waals surface area contributed by atoms with Gasteiger partial charge in [0.25, 0.3) is 5.69 Å². The predicted molar refractivity (Wildman–Crippen MR) is 85.9 cm³/mol. The number of aliphatic hydroxyl groups excluding tert-OH is 1. The zero-order valence-corrected chi connectivity index (χ0v) is 13.1. The quantitative estimate of drug-likeness (QED) is 0.621. The Kier molecular flexibility index (Phi) is 5.65. The highest BCUT2D eigenvalue weighted by molar-refractivity contribution is 6.30. The van der Waals surface area contributed by atoms with Crippen molar-refractivity contribution in [3.8, 4) is 0 Å². The van der Waals surface area contributed by atoms with Crippen LogP contribution in [-0.2, 0) is 0 Å². The van der Waals surface area contributed by atoms with Crippen LogP contribution in [0, 0.1) is 15.9 Å². The number of non-ortho nitro benzene ring substituents is 1. The fourth-order valence-corrected chi connectivity index (χ4v) is 2.38. The third-order valence-corrected chi connectivity index (χ3v) is 3.89. The van der Waals surface area contributed by atoms with E-state index in [0.717, 1.165) is 5.56 Å². The molecule has 0 amide bonds. The van der Waals surface area contributed by atoms with E-state index < -0.39 is 16.8 Å². The van der Waals surface area contributed by atoms with Crippen LogP contribution >= 0.6 is 11.6 Å². The van der Waals surface area contributed by atoms with Crippen molar-refractivity contribution in [3.63, 3.8) is 0 Å². The van der Waals surface area contributed by atoms with Gasteiger partial charge in [-0.1, -0.05) is 29.8 Å². The van der Waals surface area contributed by atoms with Gasteiger partial charge in [0, 0.05) is 18.2 Å². The van der Waals surface area contributed by atoms with E-state index >= 15 is 0 Å². The molecule has 0 aromatic heterocycles. The lowest BCUT2D eigenvalue weighted by atomic mass is 10.0. The van der Waals surface area contributed by atoms with Crippen molar-refractivity contribution in [2.45, 2.75) is 19.0 Å². The number of hydrogen-bond acceptors (Lipinski definition) is 4. The first-order chi connectivity index (χ1) is 10.9. The molecule has 0 aliphatic heterocycles. The monoisotopic (exact) mass is 338 g/mol. The summed E-state index contributed by atoms with van der Waals surface area (Å²) in [5.74, 6) is -0.549. The summed E-state index contributed by atoms with van der Waals surface area (Å²) in [6.07, 6.45) is 0. The third-order valence-electron chi connectivity index (χ3n) is 3.58. The smallest absolute Gasteiger partial charge is 0.269 e. The maximum Gasteiger partial charge on any atom is 0.269 e. The lowest BCUT2D eigenvalue weighted by Gasteiger charge is -2.22. The average Bonchev–Trinajstić information content (AvgIpc) is 2.55. The van der Waals surface area contributed by atoms with Crippen molar-refractivity contribution in [2.75, 3.05) is 6.61 Å². The minimum atomic E-state index is -0.549. The standard InChI is InChI=1S/C16H16ClFN2O3/c1-10(11-2-5-13(6-3-11)20(22)23)19-16(9-21)12-4-7-14(17)15(18)8-12/h2-8,10,16,19,21H,9H2,1H3. The predicted octanol–water partition coefficient (Wildman–Crippen LogP) is 3.77.